The summed E-state index contributed by atoms with van der Waals surface area (Å²) in [5.74, 6) is -0.438. The first kappa shape index (κ1) is 21.5. The molecule has 0 bridgehead atoms. The van der Waals surface area contributed by atoms with Crippen molar-refractivity contribution in [1.82, 2.24) is 14.8 Å². The van der Waals surface area contributed by atoms with E-state index in [0.29, 0.717) is 34.9 Å². The zero-order chi connectivity index (χ0) is 22.5. The second-order valence-corrected chi connectivity index (χ2v) is 7.29. The van der Waals surface area contributed by atoms with E-state index in [4.69, 9.17) is 16.3 Å². The SMILES string of the molecule is CCOc1nc(-c2ccccc2F)n(-c2ccc(NC(=O)C(Cl)c3ccccc3)cc2)n1. The molecule has 32 heavy (non-hydrogen) atoms. The Kier molecular flexibility index (Phi) is 6.47. The van der Waals surface area contributed by atoms with Gasteiger partial charge in [-0.05, 0) is 48.9 Å². The Morgan fingerprint density at radius 1 is 1.06 bits per heavy atom. The van der Waals surface area contributed by atoms with Gasteiger partial charge >= 0.3 is 6.01 Å². The van der Waals surface area contributed by atoms with Crippen LogP contribution in [0.25, 0.3) is 17.1 Å². The fourth-order valence-electron chi connectivity index (χ4n) is 3.15. The number of carbonyl (C=O) groups excluding carboxylic acids is 1. The van der Waals surface area contributed by atoms with E-state index in [1.807, 2.05) is 25.1 Å². The van der Waals surface area contributed by atoms with Crippen LogP contribution in [0.4, 0.5) is 10.1 Å². The lowest BCUT2D eigenvalue weighted by Crippen LogP contribution is -2.17. The quantitative estimate of drug-likeness (QED) is 0.383. The molecule has 4 aromatic rings. The molecule has 1 N–H and O–H groups in total. The third-order valence-electron chi connectivity index (χ3n) is 4.68. The van der Waals surface area contributed by atoms with Gasteiger partial charge in [0.1, 0.15) is 11.2 Å². The maximum atomic E-state index is 14.4. The van der Waals surface area contributed by atoms with Crippen LogP contribution in [-0.4, -0.2) is 27.3 Å². The predicted molar refractivity (Wildman–Crippen MR) is 122 cm³/mol. The Morgan fingerprint density at radius 3 is 2.44 bits per heavy atom. The van der Waals surface area contributed by atoms with Crippen LogP contribution in [0.2, 0.25) is 0 Å². The summed E-state index contributed by atoms with van der Waals surface area (Å²) in [5, 5.41) is 6.34. The molecule has 1 aromatic heterocycles. The van der Waals surface area contributed by atoms with Crippen molar-refractivity contribution >= 4 is 23.2 Å². The number of halogens is 2. The molecule has 0 aliphatic rings. The molecule has 8 heteroatoms. The average Bonchev–Trinajstić information content (AvgIpc) is 3.24. The van der Waals surface area contributed by atoms with Gasteiger partial charge in [0.25, 0.3) is 0 Å². The Bertz CT molecular complexity index is 1210. The lowest BCUT2D eigenvalue weighted by molar-refractivity contribution is -0.116. The molecular formula is C24H20ClFN4O2. The summed E-state index contributed by atoms with van der Waals surface area (Å²) in [6, 6.07) is 22.5. The molecule has 1 atom stereocenters. The molecule has 6 nitrogen and oxygen atoms in total. The van der Waals surface area contributed by atoms with E-state index < -0.39 is 11.2 Å². The molecule has 0 saturated carbocycles. The number of amides is 1. The minimum Gasteiger partial charge on any atom is -0.463 e. The van der Waals surface area contributed by atoms with Gasteiger partial charge in [-0.2, -0.15) is 4.98 Å². The van der Waals surface area contributed by atoms with Crippen molar-refractivity contribution in [3.63, 3.8) is 0 Å². The summed E-state index contributed by atoms with van der Waals surface area (Å²) >= 11 is 6.29. The van der Waals surface area contributed by atoms with Gasteiger partial charge in [-0.15, -0.1) is 16.7 Å². The zero-order valence-electron chi connectivity index (χ0n) is 17.2. The number of nitrogens with zero attached hydrogens (tertiary/aromatic N) is 3. The number of benzene rings is 3. The molecule has 0 radical (unpaired) electrons. The van der Waals surface area contributed by atoms with Crippen molar-refractivity contribution in [2.45, 2.75) is 12.3 Å². The molecule has 0 fully saturated rings. The minimum atomic E-state index is -0.812. The fraction of sp³-hybridized carbons (Fsp3) is 0.125. The van der Waals surface area contributed by atoms with E-state index in [0.717, 1.165) is 0 Å². The number of carbonyl (C=O) groups is 1. The highest BCUT2D eigenvalue weighted by atomic mass is 35.5. The van der Waals surface area contributed by atoms with Gasteiger partial charge in [-0.25, -0.2) is 9.07 Å². The minimum absolute atomic E-state index is 0.149. The van der Waals surface area contributed by atoms with Gasteiger partial charge in [0, 0.05) is 5.69 Å². The van der Waals surface area contributed by atoms with Crippen molar-refractivity contribution in [3.05, 3.63) is 90.2 Å². The molecular weight excluding hydrogens is 431 g/mol. The van der Waals surface area contributed by atoms with Crippen LogP contribution in [0.5, 0.6) is 6.01 Å². The van der Waals surface area contributed by atoms with Gasteiger partial charge in [-0.1, -0.05) is 42.5 Å². The number of rotatable bonds is 7. The van der Waals surface area contributed by atoms with Crippen molar-refractivity contribution in [1.29, 1.82) is 0 Å². The van der Waals surface area contributed by atoms with Crippen molar-refractivity contribution in [2.75, 3.05) is 11.9 Å². The molecule has 0 aliphatic heterocycles. The summed E-state index contributed by atoms with van der Waals surface area (Å²) in [5.41, 5.74) is 2.21. The second kappa shape index (κ2) is 9.62. The zero-order valence-corrected chi connectivity index (χ0v) is 18.0. The van der Waals surface area contributed by atoms with Crippen molar-refractivity contribution in [2.24, 2.45) is 0 Å². The number of hydrogen-bond donors (Lipinski definition) is 1. The third-order valence-corrected chi connectivity index (χ3v) is 5.13. The van der Waals surface area contributed by atoms with Gasteiger partial charge in [0.15, 0.2) is 5.82 Å². The normalized spacial score (nSPS) is 11.7. The molecule has 4 rings (SSSR count). The Labute approximate surface area is 189 Å². The number of aromatic nitrogens is 3. The van der Waals surface area contributed by atoms with E-state index >= 15 is 0 Å². The molecule has 1 unspecified atom stereocenters. The number of anilines is 1. The first-order chi connectivity index (χ1) is 15.6. The molecule has 0 aliphatic carbocycles. The van der Waals surface area contributed by atoms with Crippen molar-refractivity contribution in [3.8, 4) is 23.1 Å². The highest BCUT2D eigenvalue weighted by Crippen LogP contribution is 2.27. The van der Waals surface area contributed by atoms with Crippen LogP contribution in [0.1, 0.15) is 17.9 Å². The van der Waals surface area contributed by atoms with Gasteiger partial charge in [-0.3, -0.25) is 4.79 Å². The van der Waals surface area contributed by atoms with Crippen molar-refractivity contribution < 1.29 is 13.9 Å². The number of nitrogens with one attached hydrogen (secondary N) is 1. The molecule has 3 aromatic carbocycles. The largest absolute Gasteiger partial charge is 0.463 e. The lowest BCUT2D eigenvalue weighted by Gasteiger charge is -2.12. The first-order valence-corrected chi connectivity index (χ1v) is 10.5. The molecule has 0 saturated heterocycles. The predicted octanol–water partition coefficient (Wildman–Crippen LogP) is 5.39. The Morgan fingerprint density at radius 2 is 1.75 bits per heavy atom. The highest BCUT2D eigenvalue weighted by molar-refractivity contribution is 6.32. The molecule has 1 heterocycles. The second-order valence-electron chi connectivity index (χ2n) is 6.85. The maximum Gasteiger partial charge on any atom is 0.336 e. The van der Waals surface area contributed by atoms with Crippen LogP contribution in [0.15, 0.2) is 78.9 Å². The average molecular weight is 451 g/mol. The fourth-order valence-corrected chi connectivity index (χ4v) is 3.35. The molecule has 162 valence electrons. The van der Waals surface area contributed by atoms with E-state index in [9.17, 15) is 9.18 Å². The summed E-state index contributed by atoms with van der Waals surface area (Å²) < 4.78 is 21.3. The number of alkyl halides is 1. The Hall–Kier alpha value is -3.71. The lowest BCUT2D eigenvalue weighted by atomic mass is 10.1. The first-order valence-electron chi connectivity index (χ1n) is 10.0. The van der Waals surface area contributed by atoms with Crippen LogP contribution < -0.4 is 10.1 Å². The standard InChI is InChI=1S/C24H20ClFN4O2/c1-2-32-24-28-22(19-10-6-7-11-20(19)26)30(29-24)18-14-12-17(13-15-18)27-23(31)21(25)16-8-4-3-5-9-16/h3-15,21H,2H2,1H3,(H,27,31). The van der Waals surface area contributed by atoms with E-state index in [-0.39, 0.29) is 11.9 Å². The Balaban J connectivity index is 1.59. The maximum absolute atomic E-state index is 14.4. The van der Waals surface area contributed by atoms with Crippen LogP contribution >= 0.6 is 11.6 Å². The van der Waals surface area contributed by atoms with Gasteiger partial charge in [0.05, 0.1) is 17.9 Å². The number of hydrogen-bond acceptors (Lipinski definition) is 4. The summed E-state index contributed by atoms with van der Waals surface area (Å²) in [6.07, 6.45) is 0. The summed E-state index contributed by atoms with van der Waals surface area (Å²) in [6.45, 7) is 2.20. The van der Waals surface area contributed by atoms with E-state index in [1.54, 1.807) is 54.6 Å². The topological polar surface area (TPSA) is 69.0 Å². The van der Waals surface area contributed by atoms with Gasteiger partial charge in [0.2, 0.25) is 5.91 Å². The highest BCUT2D eigenvalue weighted by Gasteiger charge is 2.19. The smallest absolute Gasteiger partial charge is 0.336 e. The van der Waals surface area contributed by atoms with Crippen LogP contribution in [0.3, 0.4) is 0 Å². The van der Waals surface area contributed by atoms with Gasteiger partial charge < -0.3 is 10.1 Å². The third kappa shape index (κ3) is 4.63. The molecule has 0 spiro atoms. The summed E-state index contributed by atoms with van der Waals surface area (Å²) in [4.78, 5) is 16.8. The summed E-state index contributed by atoms with van der Waals surface area (Å²) in [7, 11) is 0. The molecule has 1 amide bonds. The number of ether oxygens (including phenoxy) is 1. The van der Waals surface area contributed by atoms with Crippen LogP contribution in [0, 0.1) is 5.82 Å². The van der Waals surface area contributed by atoms with Crippen LogP contribution in [-0.2, 0) is 4.79 Å². The monoisotopic (exact) mass is 450 g/mol. The van der Waals surface area contributed by atoms with E-state index in [2.05, 4.69) is 15.4 Å². The van der Waals surface area contributed by atoms with E-state index in [1.165, 1.54) is 10.7 Å².